The van der Waals surface area contributed by atoms with Gasteiger partial charge < -0.3 is 20.9 Å². The molecule has 1 saturated heterocycles. The number of carbonyl (C=O) groups is 1. The predicted octanol–water partition coefficient (Wildman–Crippen LogP) is 3.56. The highest BCUT2D eigenvalue weighted by Crippen LogP contribution is 2.24. The van der Waals surface area contributed by atoms with Gasteiger partial charge >= 0.3 is 0 Å². The molecule has 8 nitrogen and oxygen atoms in total. The number of rotatable bonds is 8. The molecule has 1 atom stereocenters. The Morgan fingerprint density at radius 1 is 0.943 bits per heavy atom. The maximum Gasteiger partial charge on any atom is 0.242 e. The third-order valence-corrected chi connectivity index (χ3v) is 6.64. The fourth-order valence-electron chi connectivity index (χ4n) is 4.69. The molecule has 8 heteroatoms. The molecule has 5 rings (SSSR count). The summed E-state index contributed by atoms with van der Waals surface area (Å²) in [6, 6.07) is 18.7. The third-order valence-electron chi connectivity index (χ3n) is 6.64. The number of aryl methyl sites for hydroxylation is 1. The van der Waals surface area contributed by atoms with E-state index in [1.54, 1.807) is 0 Å². The lowest BCUT2D eigenvalue weighted by molar-refractivity contribution is -0.121. The van der Waals surface area contributed by atoms with Gasteiger partial charge in [0.15, 0.2) is 0 Å². The van der Waals surface area contributed by atoms with Gasteiger partial charge in [0.2, 0.25) is 23.8 Å². The Balaban J connectivity index is 1.32. The van der Waals surface area contributed by atoms with E-state index in [0.717, 1.165) is 64.7 Å². The van der Waals surface area contributed by atoms with E-state index < -0.39 is 0 Å². The molecule has 3 N–H and O–H groups in total. The zero-order valence-corrected chi connectivity index (χ0v) is 20.0. The summed E-state index contributed by atoms with van der Waals surface area (Å²) in [6.45, 7) is 3.08. The molecule has 0 spiro atoms. The van der Waals surface area contributed by atoms with Crippen LogP contribution < -0.4 is 20.9 Å². The van der Waals surface area contributed by atoms with Gasteiger partial charge in [0.05, 0.1) is 0 Å². The molecule has 3 heterocycles. The van der Waals surface area contributed by atoms with Crippen molar-refractivity contribution in [1.29, 1.82) is 0 Å². The number of fused-ring (bicyclic) bond motifs is 1. The molecular weight excluding hydrogens is 438 g/mol. The van der Waals surface area contributed by atoms with Crippen molar-refractivity contribution in [3.8, 4) is 0 Å². The lowest BCUT2D eigenvalue weighted by Gasteiger charge is -2.29. The van der Waals surface area contributed by atoms with Crippen LogP contribution in [0.3, 0.4) is 0 Å². The number of benzene rings is 2. The summed E-state index contributed by atoms with van der Waals surface area (Å²) < 4.78 is 0. The highest BCUT2D eigenvalue weighted by molar-refractivity contribution is 5.84. The fraction of sp³-hybridized carbons (Fsp3) is 0.407. The predicted molar refractivity (Wildman–Crippen MR) is 139 cm³/mol. The van der Waals surface area contributed by atoms with Gasteiger partial charge in [-0.1, -0.05) is 54.6 Å². The van der Waals surface area contributed by atoms with Crippen LogP contribution in [0.25, 0.3) is 0 Å². The molecule has 1 aromatic heterocycles. The molecule has 2 aliphatic rings. The van der Waals surface area contributed by atoms with Crippen molar-refractivity contribution in [2.45, 2.75) is 51.1 Å². The molecule has 182 valence electrons. The van der Waals surface area contributed by atoms with E-state index in [0.29, 0.717) is 17.8 Å². The first-order valence-corrected chi connectivity index (χ1v) is 12.6. The minimum atomic E-state index is -0.333. The van der Waals surface area contributed by atoms with Gasteiger partial charge in [-0.25, -0.2) is 0 Å². The van der Waals surface area contributed by atoms with E-state index >= 15 is 0 Å². The summed E-state index contributed by atoms with van der Waals surface area (Å²) >= 11 is 0. The zero-order valence-electron chi connectivity index (χ0n) is 20.0. The summed E-state index contributed by atoms with van der Waals surface area (Å²) in [5.41, 5.74) is 4.00. The SMILES string of the molecule is O=C1NCCCCC1Nc1nc(NCCCc2ccccc2)nc(N2CCc3ccccc3C2)n1. The van der Waals surface area contributed by atoms with Gasteiger partial charge in [-0.2, -0.15) is 15.0 Å². The van der Waals surface area contributed by atoms with Crippen LogP contribution in [0.1, 0.15) is 42.4 Å². The Morgan fingerprint density at radius 2 is 1.74 bits per heavy atom. The number of hydrogen-bond acceptors (Lipinski definition) is 7. The molecule has 2 aliphatic heterocycles. The molecule has 1 unspecified atom stereocenters. The largest absolute Gasteiger partial charge is 0.354 e. The van der Waals surface area contributed by atoms with Crippen LogP contribution in [-0.2, 0) is 24.2 Å². The van der Waals surface area contributed by atoms with Gasteiger partial charge in [0, 0.05) is 26.2 Å². The van der Waals surface area contributed by atoms with Crippen LogP contribution in [0.5, 0.6) is 0 Å². The van der Waals surface area contributed by atoms with Crippen LogP contribution in [0.2, 0.25) is 0 Å². The number of anilines is 3. The summed E-state index contributed by atoms with van der Waals surface area (Å²) in [7, 11) is 0. The molecule has 2 aromatic carbocycles. The molecule has 0 radical (unpaired) electrons. The van der Waals surface area contributed by atoms with Gasteiger partial charge in [0.1, 0.15) is 6.04 Å². The number of amides is 1. The van der Waals surface area contributed by atoms with Gasteiger partial charge in [-0.3, -0.25) is 4.79 Å². The molecule has 0 bridgehead atoms. The average Bonchev–Trinajstić information content (AvgIpc) is 3.10. The van der Waals surface area contributed by atoms with Gasteiger partial charge in [-0.15, -0.1) is 0 Å². The van der Waals surface area contributed by atoms with Crippen LogP contribution in [0.15, 0.2) is 54.6 Å². The Morgan fingerprint density at radius 3 is 2.63 bits per heavy atom. The van der Waals surface area contributed by atoms with Crippen molar-refractivity contribution in [2.24, 2.45) is 0 Å². The quantitative estimate of drug-likeness (QED) is 0.433. The van der Waals surface area contributed by atoms with E-state index in [1.165, 1.54) is 16.7 Å². The number of nitrogens with one attached hydrogen (secondary N) is 3. The van der Waals surface area contributed by atoms with Crippen molar-refractivity contribution >= 4 is 23.8 Å². The van der Waals surface area contributed by atoms with E-state index in [2.05, 4.69) is 74.4 Å². The van der Waals surface area contributed by atoms with E-state index in [1.807, 2.05) is 6.07 Å². The maximum atomic E-state index is 12.5. The van der Waals surface area contributed by atoms with Crippen LogP contribution in [-0.4, -0.2) is 46.5 Å². The maximum absolute atomic E-state index is 12.5. The summed E-state index contributed by atoms with van der Waals surface area (Å²) in [6.07, 6.45) is 5.66. The second-order valence-corrected chi connectivity index (χ2v) is 9.22. The number of carbonyl (C=O) groups excluding carboxylic acids is 1. The second kappa shape index (κ2) is 11.2. The fourth-order valence-corrected chi connectivity index (χ4v) is 4.69. The highest BCUT2D eigenvalue weighted by atomic mass is 16.2. The lowest BCUT2D eigenvalue weighted by Crippen LogP contribution is -2.38. The molecule has 0 aliphatic carbocycles. The van der Waals surface area contributed by atoms with Crippen molar-refractivity contribution in [1.82, 2.24) is 20.3 Å². The Kier molecular flexibility index (Phi) is 7.36. The Labute approximate surface area is 206 Å². The third kappa shape index (κ3) is 6.07. The summed E-state index contributed by atoms with van der Waals surface area (Å²) in [5.74, 6) is 1.63. The first-order chi connectivity index (χ1) is 17.2. The van der Waals surface area contributed by atoms with Crippen molar-refractivity contribution in [3.63, 3.8) is 0 Å². The standard InChI is InChI=1S/C27H33N7O/c35-24-23(14-6-7-16-28-24)30-26-31-25(29-17-8-11-20-9-2-1-3-10-20)32-27(33-26)34-18-15-21-12-4-5-13-22(21)19-34/h1-5,9-10,12-13,23H,6-8,11,14-19H2,(H,28,35)(H2,29,30,31,32,33). The summed E-state index contributed by atoms with van der Waals surface area (Å²) in [4.78, 5) is 28.8. The first-order valence-electron chi connectivity index (χ1n) is 12.6. The number of hydrogen-bond donors (Lipinski definition) is 3. The molecule has 0 saturated carbocycles. The second-order valence-electron chi connectivity index (χ2n) is 9.22. The van der Waals surface area contributed by atoms with E-state index in [4.69, 9.17) is 9.97 Å². The topological polar surface area (TPSA) is 95.1 Å². The highest BCUT2D eigenvalue weighted by Gasteiger charge is 2.24. The van der Waals surface area contributed by atoms with Gasteiger partial charge in [-0.05, 0) is 55.2 Å². The molecular formula is C27H33N7O. The minimum absolute atomic E-state index is 0.00809. The average molecular weight is 472 g/mol. The molecule has 1 fully saturated rings. The zero-order chi connectivity index (χ0) is 23.9. The minimum Gasteiger partial charge on any atom is -0.354 e. The first kappa shape index (κ1) is 23.1. The summed E-state index contributed by atoms with van der Waals surface area (Å²) in [5, 5.41) is 9.65. The Bertz CT molecular complexity index is 1140. The molecule has 3 aromatic rings. The Hall–Kier alpha value is -3.68. The normalized spacial score (nSPS) is 17.8. The van der Waals surface area contributed by atoms with Crippen LogP contribution in [0, 0.1) is 0 Å². The van der Waals surface area contributed by atoms with Crippen molar-refractivity contribution < 1.29 is 4.79 Å². The van der Waals surface area contributed by atoms with Crippen LogP contribution >= 0.6 is 0 Å². The lowest BCUT2D eigenvalue weighted by atomic mass is 10.0. The van der Waals surface area contributed by atoms with Crippen molar-refractivity contribution in [3.05, 3.63) is 71.3 Å². The monoisotopic (exact) mass is 471 g/mol. The smallest absolute Gasteiger partial charge is 0.242 e. The number of nitrogens with zero attached hydrogens (tertiary/aromatic N) is 4. The van der Waals surface area contributed by atoms with Crippen molar-refractivity contribution in [2.75, 3.05) is 35.2 Å². The number of aromatic nitrogens is 3. The molecule has 35 heavy (non-hydrogen) atoms. The van der Waals surface area contributed by atoms with E-state index in [9.17, 15) is 4.79 Å². The van der Waals surface area contributed by atoms with E-state index in [-0.39, 0.29) is 11.9 Å². The van der Waals surface area contributed by atoms with Crippen LogP contribution in [0.4, 0.5) is 17.8 Å². The van der Waals surface area contributed by atoms with Gasteiger partial charge in [0.25, 0.3) is 0 Å². The molecule has 1 amide bonds.